The number of hydrogen-bond donors (Lipinski definition) is 0. The lowest BCUT2D eigenvalue weighted by Crippen LogP contribution is -1.96. The lowest BCUT2D eigenvalue weighted by Gasteiger charge is -2.06. The average molecular weight is 264 g/mol. The monoisotopic (exact) mass is 264 g/mol. The fourth-order valence-electron chi connectivity index (χ4n) is 1.53. The summed E-state index contributed by atoms with van der Waals surface area (Å²) in [6, 6.07) is 10.1. The lowest BCUT2D eigenvalue weighted by molar-refractivity contribution is -0.134. The number of esters is 1. The smallest absolute Gasteiger partial charge is 0.331 e. The molecule has 0 heterocycles. The van der Waals surface area contributed by atoms with Crippen molar-refractivity contribution in [2.45, 2.75) is 37.5 Å². The number of unbranched alkanes of at least 4 members (excludes halogenated alkanes) is 2. The fraction of sp³-hybridized carbons (Fsp3) is 0.400. The molecule has 0 bridgehead atoms. The zero-order chi connectivity index (χ0) is 13.2. The number of benzene rings is 1. The Bertz CT molecular complexity index is 385. The van der Waals surface area contributed by atoms with E-state index in [9.17, 15) is 4.79 Å². The first-order chi connectivity index (χ1) is 8.76. The van der Waals surface area contributed by atoms with Crippen molar-refractivity contribution < 1.29 is 9.53 Å². The molecule has 18 heavy (non-hydrogen) atoms. The molecule has 0 saturated carbocycles. The van der Waals surface area contributed by atoms with Gasteiger partial charge in [-0.25, -0.2) is 4.79 Å². The van der Waals surface area contributed by atoms with Crippen LogP contribution in [-0.4, -0.2) is 13.1 Å². The van der Waals surface area contributed by atoms with Crippen molar-refractivity contribution in [3.63, 3.8) is 0 Å². The van der Waals surface area contributed by atoms with Gasteiger partial charge in [0.1, 0.15) is 0 Å². The third-order valence-electron chi connectivity index (χ3n) is 2.50. The van der Waals surface area contributed by atoms with E-state index in [0.29, 0.717) is 0 Å². The average Bonchev–Trinajstić information content (AvgIpc) is 2.40. The highest BCUT2D eigenvalue weighted by Crippen LogP contribution is 2.30. The number of methoxy groups -OCH3 is 1. The standard InChI is InChI=1S/C15H20O2S/c1-3-4-6-11-14(12-15(16)17-2)18-13-9-7-5-8-10-13/h5,7-10,12H,3-4,6,11H2,1-2H3/b14-12-. The number of allylic oxidation sites excluding steroid dienone is 1. The number of ether oxygens (including phenoxy) is 1. The summed E-state index contributed by atoms with van der Waals surface area (Å²) in [6.07, 6.45) is 6.02. The van der Waals surface area contributed by atoms with Crippen molar-refractivity contribution in [1.82, 2.24) is 0 Å². The zero-order valence-corrected chi connectivity index (χ0v) is 11.8. The van der Waals surface area contributed by atoms with Gasteiger partial charge in [-0.05, 0) is 29.9 Å². The van der Waals surface area contributed by atoms with Crippen LogP contribution in [-0.2, 0) is 9.53 Å². The molecule has 0 aliphatic heterocycles. The number of carbonyl (C=O) groups excluding carboxylic acids is 1. The van der Waals surface area contributed by atoms with Gasteiger partial charge in [0.15, 0.2) is 0 Å². The van der Waals surface area contributed by atoms with Crippen LogP contribution in [0.1, 0.15) is 32.6 Å². The summed E-state index contributed by atoms with van der Waals surface area (Å²) in [5.74, 6) is -0.273. The van der Waals surface area contributed by atoms with Crippen LogP contribution in [0.25, 0.3) is 0 Å². The molecule has 0 aliphatic carbocycles. The second kappa shape index (κ2) is 8.81. The Hall–Kier alpha value is -1.22. The van der Waals surface area contributed by atoms with Gasteiger partial charge < -0.3 is 4.74 Å². The third-order valence-corrected chi connectivity index (χ3v) is 3.59. The van der Waals surface area contributed by atoms with E-state index in [4.69, 9.17) is 4.74 Å². The van der Waals surface area contributed by atoms with Crippen LogP contribution in [0, 0.1) is 0 Å². The minimum absolute atomic E-state index is 0.273. The molecule has 0 unspecified atom stereocenters. The van der Waals surface area contributed by atoms with Gasteiger partial charge in [-0.2, -0.15) is 0 Å². The maximum Gasteiger partial charge on any atom is 0.331 e. The van der Waals surface area contributed by atoms with Crippen LogP contribution in [0.2, 0.25) is 0 Å². The van der Waals surface area contributed by atoms with Crippen LogP contribution < -0.4 is 0 Å². The number of hydrogen-bond acceptors (Lipinski definition) is 3. The van der Waals surface area contributed by atoms with E-state index in [1.54, 1.807) is 17.8 Å². The molecule has 0 N–H and O–H groups in total. The van der Waals surface area contributed by atoms with E-state index >= 15 is 0 Å². The van der Waals surface area contributed by atoms with Gasteiger partial charge in [0, 0.05) is 11.0 Å². The van der Waals surface area contributed by atoms with Gasteiger partial charge in [-0.1, -0.05) is 49.7 Å². The summed E-state index contributed by atoms with van der Waals surface area (Å²) in [7, 11) is 1.41. The normalized spacial score (nSPS) is 11.3. The molecule has 0 spiro atoms. The van der Waals surface area contributed by atoms with E-state index in [2.05, 4.69) is 19.1 Å². The summed E-state index contributed by atoms with van der Waals surface area (Å²) in [6.45, 7) is 2.17. The molecule has 0 atom stereocenters. The first-order valence-electron chi connectivity index (χ1n) is 6.27. The number of carbonyl (C=O) groups is 1. The SMILES string of the molecule is CCCCC/C(=C/C(=O)OC)Sc1ccccc1. The predicted molar refractivity (Wildman–Crippen MR) is 76.5 cm³/mol. The van der Waals surface area contributed by atoms with Gasteiger partial charge >= 0.3 is 5.97 Å². The molecule has 0 fully saturated rings. The van der Waals surface area contributed by atoms with Crippen molar-refractivity contribution in [3.05, 3.63) is 41.3 Å². The summed E-state index contributed by atoms with van der Waals surface area (Å²) in [4.78, 5) is 13.6. The molecule has 0 radical (unpaired) electrons. The Morgan fingerprint density at radius 3 is 2.61 bits per heavy atom. The molecule has 1 aromatic rings. The van der Waals surface area contributed by atoms with Gasteiger partial charge in [-0.3, -0.25) is 0 Å². The highest BCUT2D eigenvalue weighted by molar-refractivity contribution is 8.03. The number of thioether (sulfide) groups is 1. The molecule has 0 aliphatic rings. The van der Waals surface area contributed by atoms with E-state index in [0.717, 1.165) is 22.6 Å². The Morgan fingerprint density at radius 1 is 1.28 bits per heavy atom. The second-order valence-corrected chi connectivity index (χ2v) is 5.21. The van der Waals surface area contributed by atoms with Gasteiger partial charge in [0.25, 0.3) is 0 Å². The molecule has 98 valence electrons. The Labute approximate surface area is 113 Å². The Balaban J connectivity index is 2.65. The minimum atomic E-state index is -0.273. The third kappa shape index (κ3) is 5.92. The van der Waals surface area contributed by atoms with Gasteiger partial charge in [-0.15, -0.1) is 0 Å². The van der Waals surface area contributed by atoms with Crippen molar-refractivity contribution in [3.8, 4) is 0 Å². The van der Waals surface area contributed by atoms with Crippen LogP contribution in [0.5, 0.6) is 0 Å². The molecular formula is C15H20O2S. The Morgan fingerprint density at radius 2 is 2.00 bits per heavy atom. The quantitative estimate of drug-likeness (QED) is 0.316. The van der Waals surface area contributed by atoms with E-state index in [-0.39, 0.29) is 5.97 Å². The molecule has 3 heteroatoms. The number of rotatable bonds is 7. The predicted octanol–water partition coefficient (Wildman–Crippen LogP) is 4.42. The van der Waals surface area contributed by atoms with Crippen LogP contribution in [0.3, 0.4) is 0 Å². The fourth-order valence-corrected chi connectivity index (χ4v) is 2.53. The van der Waals surface area contributed by atoms with Crippen LogP contribution in [0.15, 0.2) is 46.2 Å². The molecule has 0 amide bonds. The van der Waals surface area contributed by atoms with Gasteiger partial charge in [0.2, 0.25) is 0 Å². The first-order valence-corrected chi connectivity index (χ1v) is 7.09. The molecule has 0 aromatic heterocycles. The van der Waals surface area contributed by atoms with Crippen molar-refractivity contribution in [2.24, 2.45) is 0 Å². The topological polar surface area (TPSA) is 26.3 Å². The summed E-state index contributed by atoms with van der Waals surface area (Å²) < 4.78 is 4.70. The van der Waals surface area contributed by atoms with Crippen LogP contribution >= 0.6 is 11.8 Å². The highest BCUT2D eigenvalue weighted by atomic mass is 32.2. The second-order valence-electron chi connectivity index (χ2n) is 4.01. The molecule has 1 rings (SSSR count). The zero-order valence-electron chi connectivity index (χ0n) is 11.0. The minimum Gasteiger partial charge on any atom is -0.466 e. The van der Waals surface area contributed by atoms with E-state index in [1.165, 1.54) is 20.0 Å². The molecular weight excluding hydrogens is 244 g/mol. The Kier molecular flexibility index (Phi) is 7.26. The summed E-state index contributed by atoms with van der Waals surface area (Å²) in [5, 5.41) is 0. The van der Waals surface area contributed by atoms with Crippen molar-refractivity contribution in [2.75, 3.05) is 7.11 Å². The first kappa shape index (κ1) is 14.8. The van der Waals surface area contributed by atoms with Crippen molar-refractivity contribution >= 4 is 17.7 Å². The molecule has 2 nitrogen and oxygen atoms in total. The van der Waals surface area contributed by atoms with Crippen molar-refractivity contribution in [1.29, 1.82) is 0 Å². The molecule has 1 aromatic carbocycles. The maximum atomic E-state index is 11.3. The van der Waals surface area contributed by atoms with Crippen LogP contribution in [0.4, 0.5) is 0 Å². The van der Waals surface area contributed by atoms with E-state index < -0.39 is 0 Å². The summed E-state index contributed by atoms with van der Waals surface area (Å²) >= 11 is 1.64. The molecule has 0 saturated heterocycles. The highest BCUT2D eigenvalue weighted by Gasteiger charge is 2.04. The summed E-state index contributed by atoms with van der Waals surface area (Å²) in [5.41, 5.74) is 0. The largest absolute Gasteiger partial charge is 0.466 e. The maximum absolute atomic E-state index is 11.3. The van der Waals surface area contributed by atoms with Gasteiger partial charge in [0.05, 0.1) is 7.11 Å². The van der Waals surface area contributed by atoms with E-state index in [1.807, 2.05) is 18.2 Å². The lowest BCUT2D eigenvalue weighted by atomic mass is 10.2.